The molecule has 0 radical (unpaired) electrons. The van der Waals surface area contributed by atoms with E-state index in [0.717, 1.165) is 30.6 Å². The molecule has 1 aliphatic rings. The van der Waals surface area contributed by atoms with Gasteiger partial charge in [-0.25, -0.2) is 0 Å². The van der Waals surface area contributed by atoms with Crippen LogP contribution in [-0.4, -0.2) is 42.5 Å². The summed E-state index contributed by atoms with van der Waals surface area (Å²) in [5, 5.41) is 3.02. The number of hydrogen-bond donors (Lipinski definition) is 2. The van der Waals surface area contributed by atoms with Crippen LogP contribution in [0.15, 0.2) is 53.4 Å². The fraction of sp³-hybridized carbons (Fsp3) is 0.364. The number of carbonyl (C=O) groups is 2. The standard InChI is InChI=1S/C22H26N2O3S/c1-2-16-7-3-5-9-19(16)27-15-21(25)23-17-11-13-24(14-12-17)22(26)18-8-4-6-10-20(18)28/h3-10,17,28H,2,11-15H2,1H3,(H,23,25). The zero-order valence-electron chi connectivity index (χ0n) is 16.1. The molecule has 0 bridgehead atoms. The van der Waals surface area contributed by atoms with Crippen LogP contribution in [0.4, 0.5) is 0 Å². The van der Waals surface area contributed by atoms with Gasteiger partial charge in [-0.05, 0) is 43.0 Å². The summed E-state index contributed by atoms with van der Waals surface area (Å²) in [6.45, 7) is 3.30. The van der Waals surface area contributed by atoms with Crippen molar-refractivity contribution in [2.75, 3.05) is 19.7 Å². The van der Waals surface area contributed by atoms with Gasteiger partial charge in [0.1, 0.15) is 5.75 Å². The molecule has 148 valence electrons. The van der Waals surface area contributed by atoms with Crippen molar-refractivity contribution in [3.8, 4) is 5.75 Å². The molecule has 1 N–H and O–H groups in total. The second-order valence-corrected chi connectivity index (χ2v) is 7.38. The first-order chi connectivity index (χ1) is 13.6. The monoisotopic (exact) mass is 398 g/mol. The average Bonchev–Trinajstić information content (AvgIpc) is 2.73. The Kier molecular flexibility index (Phi) is 6.98. The lowest BCUT2D eigenvalue weighted by Gasteiger charge is -2.32. The Hall–Kier alpha value is -2.47. The summed E-state index contributed by atoms with van der Waals surface area (Å²) in [5.41, 5.74) is 1.71. The number of aryl methyl sites for hydroxylation is 1. The van der Waals surface area contributed by atoms with Crippen molar-refractivity contribution >= 4 is 24.4 Å². The van der Waals surface area contributed by atoms with Crippen molar-refractivity contribution in [3.63, 3.8) is 0 Å². The molecule has 0 aliphatic carbocycles. The quantitative estimate of drug-likeness (QED) is 0.734. The summed E-state index contributed by atoms with van der Waals surface area (Å²) < 4.78 is 5.68. The third kappa shape index (κ3) is 5.07. The summed E-state index contributed by atoms with van der Waals surface area (Å²) >= 11 is 4.37. The number of ether oxygens (including phenoxy) is 1. The van der Waals surface area contributed by atoms with Crippen molar-refractivity contribution in [1.29, 1.82) is 0 Å². The zero-order valence-corrected chi connectivity index (χ0v) is 17.0. The SMILES string of the molecule is CCc1ccccc1OCC(=O)NC1CCN(C(=O)c2ccccc2S)CC1. The van der Waals surface area contributed by atoms with Crippen LogP contribution in [-0.2, 0) is 11.2 Å². The number of amides is 2. The van der Waals surface area contributed by atoms with Gasteiger partial charge in [-0.1, -0.05) is 37.3 Å². The van der Waals surface area contributed by atoms with Crippen LogP contribution < -0.4 is 10.1 Å². The molecule has 5 nitrogen and oxygen atoms in total. The van der Waals surface area contributed by atoms with Crippen molar-refractivity contribution in [1.82, 2.24) is 10.2 Å². The van der Waals surface area contributed by atoms with Crippen molar-refractivity contribution in [2.24, 2.45) is 0 Å². The largest absolute Gasteiger partial charge is 0.483 e. The summed E-state index contributed by atoms with van der Waals surface area (Å²) in [5.74, 6) is 0.622. The second-order valence-electron chi connectivity index (χ2n) is 6.90. The number of benzene rings is 2. The number of rotatable bonds is 6. The minimum Gasteiger partial charge on any atom is -0.483 e. The summed E-state index contributed by atoms with van der Waals surface area (Å²) in [6.07, 6.45) is 2.33. The molecule has 1 aliphatic heterocycles. The van der Waals surface area contributed by atoms with E-state index in [1.165, 1.54) is 0 Å². The molecular weight excluding hydrogens is 372 g/mol. The van der Waals surface area contributed by atoms with Crippen LogP contribution in [0.3, 0.4) is 0 Å². The molecule has 0 atom stereocenters. The predicted molar refractivity (Wildman–Crippen MR) is 112 cm³/mol. The van der Waals surface area contributed by atoms with E-state index < -0.39 is 0 Å². The smallest absolute Gasteiger partial charge is 0.258 e. The highest BCUT2D eigenvalue weighted by Crippen LogP contribution is 2.20. The molecule has 0 spiro atoms. The first-order valence-corrected chi connectivity index (χ1v) is 10.1. The van der Waals surface area contributed by atoms with E-state index in [-0.39, 0.29) is 24.5 Å². The van der Waals surface area contributed by atoms with Gasteiger partial charge in [0.05, 0.1) is 5.56 Å². The first-order valence-electron chi connectivity index (χ1n) is 9.65. The number of nitrogens with zero attached hydrogens (tertiary/aromatic N) is 1. The highest BCUT2D eigenvalue weighted by Gasteiger charge is 2.25. The summed E-state index contributed by atoms with van der Waals surface area (Å²) in [4.78, 5) is 27.4. The molecule has 1 saturated heterocycles. The van der Waals surface area contributed by atoms with Crippen LogP contribution in [0.2, 0.25) is 0 Å². The Morgan fingerprint density at radius 3 is 2.50 bits per heavy atom. The van der Waals surface area contributed by atoms with Crippen LogP contribution in [0.25, 0.3) is 0 Å². The van der Waals surface area contributed by atoms with E-state index in [0.29, 0.717) is 23.5 Å². The first kappa shape index (κ1) is 20.3. The number of likely N-dealkylation sites (tertiary alicyclic amines) is 1. The maximum Gasteiger partial charge on any atom is 0.258 e. The number of nitrogens with one attached hydrogen (secondary N) is 1. The lowest BCUT2D eigenvalue weighted by Crippen LogP contribution is -2.47. The number of piperidine rings is 1. The molecule has 2 amide bonds. The number of thiol groups is 1. The number of carbonyl (C=O) groups excluding carboxylic acids is 2. The molecule has 2 aromatic carbocycles. The third-order valence-corrected chi connectivity index (χ3v) is 5.38. The topological polar surface area (TPSA) is 58.6 Å². The third-order valence-electron chi connectivity index (χ3n) is 4.99. The Balaban J connectivity index is 1.46. The molecule has 6 heteroatoms. The Morgan fingerprint density at radius 2 is 1.79 bits per heavy atom. The number of hydrogen-bond acceptors (Lipinski definition) is 4. The van der Waals surface area contributed by atoms with Crippen molar-refractivity contribution < 1.29 is 14.3 Å². The normalized spacial score (nSPS) is 14.6. The maximum absolute atomic E-state index is 12.6. The highest BCUT2D eigenvalue weighted by molar-refractivity contribution is 7.80. The van der Waals surface area contributed by atoms with Crippen LogP contribution >= 0.6 is 12.6 Å². The molecule has 28 heavy (non-hydrogen) atoms. The van der Waals surface area contributed by atoms with Gasteiger partial charge in [0.15, 0.2) is 6.61 Å². The van der Waals surface area contributed by atoms with Gasteiger partial charge in [0, 0.05) is 24.0 Å². The highest BCUT2D eigenvalue weighted by atomic mass is 32.1. The fourth-order valence-corrected chi connectivity index (χ4v) is 3.66. The molecule has 3 rings (SSSR count). The van der Waals surface area contributed by atoms with E-state index in [1.807, 2.05) is 47.4 Å². The van der Waals surface area contributed by atoms with Gasteiger partial charge in [-0.15, -0.1) is 12.6 Å². The zero-order chi connectivity index (χ0) is 19.9. The lowest BCUT2D eigenvalue weighted by molar-refractivity contribution is -0.124. The molecular formula is C22H26N2O3S. The van der Waals surface area contributed by atoms with Gasteiger partial charge in [-0.2, -0.15) is 0 Å². The minimum atomic E-state index is -0.128. The van der Waals surface area contributed by atoms with Gasteiger partial charge < -0.3 is 15.0 Å². The molecule has 0 saturated carbocycles. The van der Waals surface area contributed by atoms with Crippen LogP contribution in [0.5, 0.6) is 5.75 Å². The molecule has 0 unspecified atom stereocenters. The minimum absolute atomic E-state index is 0.00316. The maximum atomic E-state index is 12.6. The predicted octanol–water partition coefficient (Wildman–Crippen LogP) is 3.34. The average molecular weight is 399 g/mol. The molecule has 2 aromatic rings. The second kappa shape index (κ2) is 9.64. The van der Waals surface area contributed by atoms with E-state index in [9.17, 15) is 9.59 Å². The van der Waals surface area contributed by atoms with Gasteiger partial charge in [0.2, 0.25) is 0 Å². The summed E-state index contributed by atoms with van der Waals surface area (Å²) in [7, 11) is 0. The van der Waals surface area contributed by atoms with Crippen LogP contribution in [0, 0.1) is 0 Å². The van der Waals surface area contributed by atoms with Gasteiger partial charge in [0.25, 0.3) is 11.8 Å². The van der Waals surface area contributed by atoms with E-state index >= 15 is 0 Å². The Labute approximate surface area is 171 Å². The molecule has 1 heterocycles. The van der Waals surface area contributed by atoms with E-state index in [1.54, 1.807) is 6.07 Å². The Morgan fingerprint density at radius 1 is 1.11 bits per heavy atom. The molecule has 0 aromatic heterocycles. The van der Waals surface area contributed by atoms with E-state index in [2.05, 4.69) is 24.9 Å². The van der Waals surface area contributed by atoms with Crippen molar-refractivity contribution in [2.45, 2.75) is 37.1 Å². The van der Waals surface area contributed by atoms with E-state index in [4.69, 9.17) is 4.74 Å². The van der Waals surface area contributed by atoms with Gasteiger partial charge >= 0.3 is 0 Å². The van der Waals surface area contributed by atoms with Crippen molar-refractivity contribution in [3.05, 3.63) is 59.7 Å². The van der Waals surface area contributed by atoms with Gasteiger partial charge in [-0.3, -0.25) is 9.59 Å². The molecule has 1 fully saturated rings. The van der Waals surface area contributed by atoms with Crippen LogP contribution in [0.1, 0.15) is 35.7 Å². The fourth-order valence-electron chi connectivity index (χ4n) is 3.40. The Bertz CT molecular complexity index is 832. The number of para-hydroxylation sites is 1. The lowest BCUT2D eigenvalue weighted by atomic mass is 10.0. The summed E-state index contributed by atoms with van der Waals surface area (Å²) in [6, 6.07) is 15.1.